The number of hydrogen-bond donors (Lipinski definition) is 0. The van der Waals surface area contributed by atoms with Crippen LogP contribution in [-0.2, 0) is 0 Å². The van der Waals surface area contributed by atoms with E-state index in [1.54, 1.807) is 0 Å². The Morgan fingerprint density at radius 2 is 1.58 bits per heavy atom. The van der Waals surface area contributed by atoms with E-state index >= 15 is 0 Å². The second-order valence-corrected chi connectivity index (χ2v) is 4.98. The van der Waals surface area contributed by atoms with Crippen LogP contribution in [0, 0.1) is 0 Å². The van der Waals surface area contributed by atoms with Crippen LogP contribution >= 0.6 is 0 Å². The first-order chi connectivity index (χ1) is 9.43. The van der Waals surface area contributed by atoms with E-state index in [2.05, 4.69) is 72.8 Å². The van der Waals surface area contributed by atoms with Crippen LogP contribution in [0.1, 0.15) is 12.0 Å². The van der Waals surface area contributed by atoms with Gasteiger partial charge >= 0.3 is 0 Å². The zero-order valence-electron chi connectivity index (χ0n) is 10.6. The van der Waals surface area contributed by atoms with Crippen molar-refractivity contribution in [2.45, 2.75) is 6.42 Å². The van der Waals surface area contributed by atoms with Crippen molar-refractivity contribution in [2.75, 3.05) is 0 Å². The third-order valence-corrected chi connectivity index (χ3v) is 3.87. The second kappa shape index (κ2) is 4.10. The average Bonchev–Trinajstić information content (AvgIpc) is 3.00. The molecule has 0 atom stereocenters. The molecule has 1 aliphatic rings. The van der Waals surface area contributed by atoms with Gasteiger partial charge in [0, 0.05) is 0 Å². The van der Waals surface area contributed by atoms with Gasteiger partial charge in [0.15, 0.2) is 0 Å². The van der Waals surface area contributed by atoms with Gasteiger partial charge in [0.05, 0.1) is 0 Å². The minimum absolute atomic E-state index is 1.05. The zero-order chi connectivity index (χ0) is 12.7. The van der Waals surface area contributed by atoms with E-state index in [1.807, 2.05) is 0 Å². The summed E-state index contributed by atoms with van der Waals surface area (Å²) in [6, 6.07) is 19.7. The molecule has 90 valence electrons. The smallest absolute Gasteiger partial charge is 0.00991 e. The van der Waals surface area contributed by atoms with Gasteiger partial charge in [-0.1, -0.05) is 72.8 Å². The lowest BCUT2D eigenvalue weighted by Gasteiger charge is -2.09. The number of allylic oxidation sites excluding steroid dienone is 4. The SMILES string of the molecule is C1=CC(c2cccc3c2ccc2ccccc23)=CC1. The third kappa shape index (κ3) is 1.61. The van der Waals surface area contributed by atoms with E-state index < -0.39 is 0 Å². The molecule has 3 aromatic rings. The Kier molecular flexibility index (Phi) is 2.28. The highest BCUT2D eigenvalue weighted by atomic mass is 14.1. The molecule has 19 heavy (non-hydrogen) atoms. The number of rotatable bonds is 1. The topological polar surface area (TPSA) is 0 Å². The molecular weight excluding hydrogens is 228 g/mol. The van der Waals surface area contributed by atoms with E-state index in [9.17, 15) is 0 Å². The van der Waals surface area contributed by atoms with Crippen LogP contribution in [-0.4, -0.2) is 0 Å². The molecule has 0 amide bonds. The maximum absolute atomic E-state index is 2.30. The van der Waals surface area contributed by atoms with Gasteiger partial charge in [-0.3, -0.25) is 0 Å². The first kappa shape index (κ1) is 10.6. The van der Waals surface area contributed by atoms with E-state index in [0.29, 0.717) is 0 Å². The van der Waals surface area contributed by atoms with E-state index in [-0.39, 0.29) is 0 Å². The Morgan fingerprint density at radius 3 is 2.47 bits per heavy atom. The van der Waals surface area contributed by atoms with E-state index in [0.717, 1.165) is 6.42 Å². The zero-order valence-corrected chi connectivity index (χ0v) is 10.6. The first-order valence-corrected chi connectivity index (χ1v) is 6.71. The van der Waals surface area contributed by atoms with Gasteiger partial charge in [0.2, 0.25) is 0 Å². The Bertz CT molecular complexity index is 835. The van der Waals surface area contributed by atoms with Crippen LogP contribution in [0.4, 0.5) is 0 Å². The summed E-state index contributed by atoms with van der Waals surface area (Å²) in [5, 5.41) is 5.34. The molecule has 0 heterocycles. The molecule has 0 saturated carbocycles. The van der Waals surface area contributed by atoms with Crippen molar-refractivity contribution in [1.82, 2.24) is 0 Å². The lowest BCUT2D eigenvalue weighted by atomic mass is 9.95. The maximum Gasteiger partial charge on any atom is -0.00991 e. The molecule has 0 fully saturated rings. The highest BCUT2D eigenvalue weighted by Crippen LogP contribution is 2.32. The molecule has 3 aromatic carbocycles. The molecule has 4 rings (SSSR count). The molecule has 0 aliphatic heterocycles. The van der Waals surface area contributed by atoms with Gasteiger partial charge < -0.3 is 0 Å². The Morgan fingerprint density at radius 1 is 0.684 bits per heavy atom. The van der Waals surface area contributed by atoms with Crippen molar-refractivity contribution >= 4 is 27.1 Å². The van der Waals surface area contributed by atoms with Crippen molar-refractivity contribution in [3.8, 4) is 0 Å². The van der Waals surface area contributed by atoms with Crippen molar-refractivity contribution in [3.63, 3.8) is 0 Å². The van der Waals surface area contributed by atoms with Crippen LogP contribution in [0.2, 0.25) is 0 Å². The number of benzene rings is 3. The fourth-order valence-corrected chi connectivity index (χ4v) is 2.95. The summed E-state index contributed by atoms with van der Waals surface area (Å²) in [6.45, 7) is 0. The summed E-state index contributed by atoms with van der Waals surface area (Å²) in [5.74, 6) is 0. The van der Waals surface area contributed by atoms with Crippen molar-refractivity contribution < 1.29 is 0 Å². The lowest BCUT2D eigenvalue weighted by molar-refractivity contribution is 1.45. The molecule has 0 bridgehead atoms. The predicted molar refractivity (Wildman–Crippen MR) is 83.2 cm³/mol. The number of hydrogen-bond acceptors (Lipinski definition) is 0. The molecule has 0 N–H and O–H groups in total. The summed E-state index contributed by atoms with van der Waals surface area (Å²) in [7, 11) is 0. The van der Waals surface area contributed by atoms with Crippen LogP contribution in [0.25, 0.3) is 27.1 Å². The van der Waals surface area contributed by atoms with Crippen molar-refractivity contribution in [1.29, 1.82) is 0 Å². The van der Waals surface area contributed by atoms with Crippen molar-refractivity contribution in [3.05, 3.63) is 78.4 Å². The van der Waals surface area contributed by atoms with Gasteiger partial charge in [-0.05, 0) is 39.1 Å². The second-order valence-electron chi connectivity index (χ2n) is 4.98. The third-order valence-electron chi connectivity index (χ3n) is 3.87. The fourth-order valence-electron chi connectivity index (χ4n) is 2.95. The summed E-state index contributed by atoms with van der Waals surface area (Å²) in [5.41, 5.74) is 2.69. The van der Waals surface area contributed by atoms with E-state index in [1.165, 1.54) is 32.7 Å². The summed E-state index contributed by atoms with van der Waals surface area (Å²) < 4.78 is 0. The van der Waals surface area contributed by atoms with Gasteiger partial charge in [-0.15, -0.1) is 0 Å². The minimum atomic E-state index is 1.05. The van der Waals surface area contributed by atoms with Crippen molar-refractivity contribution in [2.24, 2.45) is 0 Å². The number of fused-ring (bicyclic) bond motifs is 3. The standard InChI is InChI=1S/C19H14/c1-2-7-14(6-1)17-10-5-11-18-16-9-4-3-8-15(16)12-13-19(17)18/h1,3-13H,2H2. The van der Waals surface area contributed by atoms with Gasteiger partial charge in [-0.25, -0.2) is 0 Å². The van der Waals surface area contributed by atoms with Crippen LogP contribution in [0.5, 0.6) is 0 Å². The monoisotopic (exact) mass is 242 g/mol. The van der Waals surface area contributed by atoms with Gasteiger partial charge in [0.25, 0.3) is 0 Å². The molecule has 0 unspecified atom stereocenters. The van der Waals surface area contributed by atoms with Gasteiger partial charge in [-0.2, -0.15) is 0 Å². The Balaban J connectivity index is 2.12. The minimum Gasteiger partial charge on any atom is -0.0801 e. The fraction of sp³-hybridized carbons (Fsp3) is 0.0526. The summed E-state index contributed by atoms with van der Waals surface area (Å²) >= 11 is 0. The molecule has 0 aromatic heterocycles. The van der Waals surface area contributed by atoms with Gasteiger partial charge in [0.1, 0.15) is 0 Å². The summed E-state index contributed by atoms with van der Waals surface area (Å²) in [6.07, 6.45) is 7.79. The Hall–Kier alpha value is -2.34. The molecule has 0 saturated heterocycles. The Labute approximate surface area is 112 Å². The van der Waals surface area contributed by atoms with Crippen LogP contribution in [0.3, 0.4) is 0 Å². The quantitative estimate of drug-likeness (QED) is 0.505. The molecule has 0 spiro atoms. The predicted octanol–water partition coefficient (Wildman–Crippen LogP) is 5.34. The maximum atomic E-state index is 2.30. The molecule has 1 aliphatic carbocycles. The molecule has 0 nitrogen and oxygen atoms in total. The largest absolute Gasteiger partial charge is 0.0801 e. The molecule has 0 heteroatoms. The van der Waals surface area contributed by atoms with Crippen LogP contribution < -0.4 is 0 Å². The highest BCUT2D eigenvalue weighted by Gasteiger charge is 2.08. The first-order valence-electron chi connectivity index (χ1n) is 6.71. The highest BCUT2D eigenvalue weighted by molar-refractivity contribution is 6.11. The molecular formula is C19H14. The normalized spacial score (nSPS) is 14.2. The van der Waals surface area contributed by atoms with E-state index in [4.69, 9.17) is 0 Å². The average molecular weight is 242 g/mol. The van der Waals surface area contributed by atoms with Crippen LogP contribution in [0.15, 0.2) is 72.8 Å². The molecule has 0 radical (unpaired) electrons. The lowest BCUT2D eigenvalue weighted by Crippen LogP contribution is -1.84. The summed E-state index contributed by atoms with van der Waals surface area (Å²) in [4.78, 5) is 0.